The quantitative estimate of drug-likeness (QED) is 0.510. The molecule has 1 saturated heterocycles. The molecule has 178 valence electrons. The molecule has 2 aromatic carbocycles. The van der Waals surface area contributed by atoms with Crippen molar-refractivity contribution in [2.24, 2.45) is 0 Å². The summed E-state index contributed by atoms with van der Waals surface area (Å²) in [4.78, 5) is 26.7. The summed E-state index contributed by atoms with van der Waals surface area (Å²) in [7, 11) is 1.26. The number of amides is 1. The molecule has 34 heavy (non-hydrogen) atoms. The molecule has 1 fully saturated rings. The molecule has 1 aliphatic rings. The van der Waals surface area contributed by atoms with Gasteiger partial charge >= 0.3 is 5.97 Å². The van der Waals surface area contributed by atoms with Crippen LogP contribution in [0.25, 0.3) is 0 Å². The van der Waals surface area contributed by atoms with Gasteiger partial charge in [0.15, 0.2) is 5.69 Å². The summed E-state index contributed by atoms with van der Waals surface area (Å²) in [5.41, 5.74) is 1.48. The van der Waals surface area contributed by atoms with Gasteiger partial charge in [-0.05, 0) is 36.6 Å². The maximum absolute atomic E-state index is 14.3. The molecule has 0 aliphatic carbocycles. The Labute approximate surface area is 195 Å². The fourth-order valence-electron chi connectivity index (χ4n) is 4.12. The second kappa shape index (κ2) is 10.5. The number of likely N-dealkylation sites (tertiary alicyclic amines) is 1. The van der Waals surface area contributed by atoms with E-state index >= 15 is 0 Å². The molecular weight excluding hydrogens is 444 g/mol. The molecule has 1 aliphatic heterocycles. The largest absolute Gasteiger partial charge is 0.464 e. The fourth-order valence-corrected chi connectivity index (χ4v) is 4.12. The van der Waals surface area contributed by atoms with Gasteiger partial charge in [-0.1, -0.05) is 35.5 Å². The van der Waals surface area contributed by atoms with Gasteiger partial charge in [0.25, 0.3) is 0 Å². The molecule has 0 bridgehead atoms. The Morgan fingerprint density at radius 3 is 2.65 bits per heavy atom. The molecule has 2 atom stereocenters. The van der Waals surface area contributed by atoms with E-state index in [1.807, 2.05) is 4.90 Å². The molecule has 1 amide bonds. The Kier molecular flexibility index (Phi) is 7.27. The minimum atomic E-state index is -0.595. The summed E-state index contributed by atoms with van der Waals surface area (Å²) >= 11 is 0. The van der Waals surface area contributed by atoms with Gasteiger partial charge < -0.3 is 10.1 Å². The predicted molar refractivity (Wildman–Crippen MR) is 119 cm³/mol. The van der Waals surface area contributed by atoms with E-state index in [0.29, 0.717) is 31.5 Å². The van der Waals surface area contributed by atoms with Crippen molar-refractivity contribution in [3.05, 3.63) is 83.2 Å². The highest BCUT2D eigenvalue weighted by Gasteiger charge is 2.38. The van der Waals surface area contributed by atoms with Crippen LogP contribution in [0.5, 0.6) is 0 Å². The van der Waals surface area contributed by atoms with Crippen LogP contribution in [0.3, 0.4) is 0 Å². The molecule has 10 heteroatoms. The van der Waals surface area contributed by atoms with Gasteiger partial charge in [-0.15, -0.1) is 5.10 Å². The maximum Gasteiger partial charge on any atom is 0.360 e. The van der Waals surface area contributed by atoms with Crippen LogP contribution in [0, 0.1) is 11.6 Å². The summed E-state index contributed by atoms with van der Waals surface area (Å²) < 4.78 is 33.6. The number of aromatic nitrogens is 3. The number of nitrogens with one attached hydrogen (secondary N) is 1. The van der Waals surface area contributed by atoms with Gasteiger partial charge in [-0.25, -0.2) is 18.3 Å². The van der Waals surface area contributed by atoms with Crippen molar-refractivity contribution in [3.63, 3.8) is 0 Å². The number of esters is 1. The number of halogens is 2. The van der Waals surface area contributed by atoms with Crippen LogP contribution in [0.4, 0.5) is 8.78 Å². The van der Waals surface area contributed by atoms with Crippen LogP contribution in [-0.4, -0.2) is 58.0 Å². The van der Waals surface area contributed by atoms with Crippen molar-refractivity contribution in [2.45, 2.75) is 31.5 Å². The Bertz CT molecular complexity index is 1150. The van der Waals surface area contributed by atoms with E-state index in [1.165, 1.54) is 31.5 Å². The Morgan fingerprint density at radius 1 is 1.15 bits per heavy atom. The smallest absolute Gasteiger partial charge is 0.360 e. The number of methoxy groups -OCH3 is 1. The highest BCUT2D eigenvalue weighted by atomic mass is 19.1. The van der Waals surface area contributed by atoms with E-state index in [1.54, 1.807) is 35.0 Å². The second-order valence-electron chi connectivity index (χ2n) is 8.17. The zero-order chi connectivity index (χ0) is 24.1. The number of hydrogen-bond donors (Lipinski definition) is 1. The van der Waals surface area contributed by atoms with Crippen LogP contribution in [-0.2, 0) is 22.5 Å². The van der Waals surface area contributed by atoms with E-state index in [-0.39, 0.29) is 35.8 Å². The van der Waals surface area contributed by atoms with Crippen LogP contribution < -0.4 is 5.32 Å². The third-order valence-electron chi connectivity index (χ3n) is 5.92. The van der Waals surface area contributed by atoms with Crippen molar-refractivity contribution >= 4 is 11.9 Å². The number of nitrogens with zero attached hydrogens (tertiary/aromatic N) is 4. The van der Waals surface area contributed by atoms with Gasteiger partial charge in [0.2, 0.25) is 5.91 Å². The van der Waals surface area contributed by atoms with Crippen LogP contribution in [0.2, 0.25) is 0 Å². The summed E-state index contributed by atoms with van der Waals surface area (Å²) in [5, 5.41) is 10.8. The highest BCUT2D eigenvalue weighted by Crippen LogP contribution is 2.29. The molecule has 0 spiro atoms. The summed E-state index contributed by atoms with van der Waals surface area (Å²) in [5.74, 6) is -1.43. The third-order valence-corrected chi connectivity index (χ3v) is 5.92. The van der Waals surface area contributed by atoms with E-state index in [4.69, 9.17) is 0 Å². The van der Waals surface area contributed by atoms with E-state index in [2.05, 4.69) is 20.4 Å². The van der Waals surface area contributed by atoms with Crippen molar-refractivity contribution in [2.75, 3.05) is 20.2 Å². The second-order valence-corrected chi connectivity index (χ2v) is 8.17. The predicted octanol–water partition coefficient (Wildman–Crippen LogP) is 2.52. The van der Waals surface area contributed by atoms with Crippen molar-refractivity contribution < 1.29 is 23.1 Å². The normalized spacial score (nSPS) is 18.1. The number of carbonyl (C=O) groups is 2. The standard InChI is InChI=1S/C24H25F2N5O3/c1-34-24(33)21-15-31(29-28-21)19-12-22(30(14-19)13-17-4-2-3-5-20(17)26)23(32)27-11-10-16-6-8-18(25)9-7-16/h2-9,15,19,22H,10-14H2,1H3,(H,27,32)/t19-,22+/m1/s1. The zero-order valence-electron chi connectivity index (χ0n) is 18.7. The molecule has 2 heterocycles. The van der Waals surface area contributed by atoms with E-state index < -0.39 is 12.0 Å². The first-order valence-corrected chi connectivity index (χ1v) is 10.9. The average molecular weight is 469 g/mol. The molecule has 8 nitrogen and oxygen atoms in total. The van der Waals surface area contributed by atoms with Crippen LogP contribution in [0.1, 0.15) is 34.1 Å². The Hall–Kier alpha value is -3.66. The first-order chi connectivity index (χ1) is 16.4. The lowest BCUT2D eigenvalue weighted by atomic mass is 10.1. The number of ether oxygens (including phenoxy) is 1. The molecule has 0 saturated carbocycles. The third kappa shape index (κ3) is 5.45. The summed E-state index contributed by atoms with van der Waals surface area (Å²) in [6, 6.07) is 11.8. The van der Waals surface area contributed by atoms with Crippen molar-refractivity contribution in [1.82, 2.24) is 25.2 Å². The van der Waals surface area contributed by atoms with Crippen molar-refractivity contribution in [1.29, 1.82) is 0 Å². The molecule has 1 N–H and O–H groups in total. The fraction of sp³-hybridized carbons (Fsp3) is 0.333. The highest BCUT2D eigenvalue weighted by molar-refractivity contribution is 5.86. The lowest BCUT2D eigenvalue weighted by Gasteiger charge is -2.23. The minimum Gasteiger partial charge on any atom is -0.464 e. The van der Waals surface area contributed by atoms with E-state index in [9.17, 15) is 18.4 Å². The van der Waals surface area contributed by atoms with Gasteiger partial charge in [-0.2, -0.15) is 0 Å². The average Bonchev–Trinajstić information content (AvgIpc) is 3.49. The van der Waals surface area contributed by atoms with Gasteiger partial charge in [-0.3, -0.25) is 9.69 Å². The molecular formula is C24H25F2N5O3. The van der Waals surface area contributed by atoms with Crippen molar-refractivity contribution in [3.8, 4) is 0 Å². The van der Waals surface area contributed by atoms with Gasteiger partial charge in [0.1, 0.15) is 11.6 Å². The summed E-state index contributed by atoms with van der Waals surface area (Å²) in [6.45, 7) is 1.06. The first-order valence-electron chi connectivity index (χ1n) is 10.9. The van der Waals surface area contributed by atoms with Gasteiger partial charge in [0, 0.05) is 25.2 Å². The number of benzene rings is 2. The molecule has 0 unspecified atom stereocenters. The number of hydrogen-bond acceptors (Lipinski definition) is 6. The van der Waals surface area contributed by atoms with E-state index in [0.717, 1.165) is 5.56 Å². The Balaban J connectivity index is 1.46. The first kappa shape index (κ1) is 23.5. The summed E-state index contributed by atoms with van der Waals surface area (Å²) in [6.07, 6.45) is 2.47. The number of carbonyl (C=O) groups excluding carboxylic acids is 2. The molecule has 3 aromatic rings. The minimum absolute atomic E-state index is 0.0790. The zero-order valence-corrected chi connectivity index (χ0v) is 18.7. The maximum atomic E-state index is 14.3. The van der Waals surface area contributed by atoms with Crippen LogP contribution >= 0.6 is 0 Å². The molecule has 4 rings (SSSR count). The topological polar surface area (TPSA) is 89.4 Å². The van der Waals surface area contributed by atoms with Crippen LogP contribution in [0.15, 0.2) is 54.7 Å². The van der Waals surface area contributed by atoms with Gasteiger partial charge in [0.05, 0.1) is 25.4 Å². The molecule has 1 aromatic heterocycles. The lowest BCUT2D eigenvalue weighted by molar-refractivity contribution is -0.125. The molecule has 0 radical (unpaired) electrons. The SMILES string of the molecule is COC(=O)c1cn([C@@H]2C[C@@H](C(=O)NCCc3ccc(F)cc3)N(Cc3ccccc3F)C2)nn1. The lowest BCUT2D eigenvalue weighted by Crippen LogP contribution is -2.43. The number of rotatable bonds is 8. The monoisotopic (exact) mass is 469 g/mol. The Morgan fingerprint density at radius 2 is 1.91 bits per heavy atom.